The third kappa shape index (κ3) is 3.83. The Labute approximate surface area is 189 Å². The number of anilines is 1. The molecule has 0 bridgehead atoms. The fraction of sp³-hybridized carbons (Fsp3) is 0.160. The van der Waals surface area contributed by atoms with Crippen molar-refractivity contribution in [2.45, 2.75) is 6.10 Å². The Morgan fingerprint density at radius 1 is 0.906 bits per heavy atom. The minimum absolute atomic E-state index is 0.0763. The van der Waals surface area contributed by atoms with Gasteiger partial charge in [0.2, 0.25) is 0 Å². The molecule has 32 heavy (non-hydrogen) atoms. The molecule has 0 atom stereocenters. The van der Waals surface area contributed by atoms with E-state index in [4.69, 9.17) is 9.47 Å². The topological polar surface area (TPSA) is 68.7 Å². The number of carbonyl (C=O) groups excluding carboxylic acids is 2. The molecule has 1 aliphatic rings. The van der Waals surface area contributed by atoms with Crippen LogP contribution in [0.25, 0.3) is 10.2 Å². The van der Waals surface area contributed by atoms with Crippen LogP contribution >= 0.6 is 11.3 Å². The Morgan fingerprint density at radius 2 is 1.59 bits per heavy atom. The lowest BCUT2D eigenvalue weighted by molar-refractivity contribution is 0.0234. The van der Waals surface area contributed by atoms with Crippen LogP contribution in [-0.2, 0) is 4.74 Å². The minimum Gasteiger partial charge on any atom is -0.494 e. The first-order chi connectivity index (χ1) is 15.6. The number of nitrogens with zero attached hydrogens (tertiary/aromatic N) is 2. The lowest BCUT2D eigenvalue weighted by Crippen LogP contribution is -2.53. The van der Waals surface area contributed by atoms with E-state index >= 15 is 0 Å². The molecule has 1 saturated heterocycles. The second-order valence-electron chi connectivity index (χ2n) is 7.51. The first-order valence-electron chi connectivity index (χ1n) is 10.2. The van der Waals surface area contributed by atoms with Gasteiger partial charge in [-0.15, -0.1) is 0 Å². The van der Waals surface area contributed by atoms with Crippen molar-refractivity contribution in [3.63, 3.8) is 0 Å². The zero-order valence-electron chi connectivity index (χ0n) is 17.4. The lowest BCUT2D eigenvalue weighted by atomic mass is 10.0. The summed E-state index contributed by atoms with van der Waals surface area (Å²) < 4.78 is 12.1. The minimum atomic E-state index is -0.390. The second-order valence-corrected chi connectivity index (χ2v) is 8.52. The molecule has 4 aromatic rings. The van der Waals surface area contributed by atoms with Gasteiger partial charge in [0.05, 0.1) is 30.5 Å². The van der Waals surface area contributed by atoms with Crippen molar-refractivity contribution in [3.8, 4) is 5.75 Å². The van der Waals surface area contributed by atoms with Gasteiger partial charge in [0, 0.05) is 11.1 Å². The van der Waals surface area contributed by atoms with Gasteiger partial charge in [-0.3, -0.25) is 4.79 Å². The van der Waals surface area contributed by atoms with E-state index in [0.717, 1.165) is 21.1 Å². The number of hydrogen-bond donors (Lipinski definition) is 0. The summed E-state index contributed by atoms with van der Waals surface area (Å²) in [5.74, 6) is 0.287. The molecule has 6 nitrogen and oxygen atoms in total. The van der Waals surface area contributed by atoms with Crippen molar-refractivity contribution in [2.24, 2.45) is 0 Å². The summed E-state index contributed by atoms with van der Waals surface area (Å²) in [4.78, 5) is 31.8. The zero-order valence-corrected chi connectivity index (χ0v) is 18.2. The number of ether oxygens (including phenoxy) is 2. The van der Waals surface area contributed by atoms with E-state index in [1.54, 1.807) is 54.8 Å². The van der Waals surface area contributed by atoms with Crippen LogP contribution in [-0.4, -0.2) is 43.0 Å². The molecular weight excluding hydrogens is 424 g/mol. The Hall–Kier alpha value is -3.71. The lowest BCUT2D eigenvalue weighted by Gasteiger charge is -2.38. The summed E-state index contributed by atoms with van der Waals surface area (Å²) in [6.45, 7) is 1.19. The molecule has 0 aliphatic carbocycles. The van der Waals surface area contributed by atoms with Crippen molar-refractivity contribution in [1.82, 2.24) is 4.98 Å². The molecule has 1 aliphatic heterocycles. The highest BCUT2D eigenvalue weighted by Crippen LogP contribution is 2.36. The summed E-state index contributed by atoms with van der Waals surface area (Å²) in [5.41, 5.74) is 2.43. The largest absolute Gasteiger partial charge is 0.494 e. The van der Waals surface area contributed by atoms with E-state index in [1.165, 1.54) is 0 Å². The molecule has 3 aromatic carbocycles. The highest BCUT2D eigenvalue weighted by molar-refractivity contribution is 7.22. The number of fused-ring (bicyclic) bond motifs is 1. The van der Waals surface area contributed by atoms with E-state index in [1.807, 2.05) is 36.4 Å². The maximum absolute atomic E-state index is 12.5. The van der Waals surface area contributed by atoms with Gasteiger partial charge in [-0.25, -0.2) is 9.78 Å². The first kappa shape index (κ1) is 20.2. The van der Waals surface area contributed by atoms with E-state index in [2.05, 4.69) is 9.88 Å². The van der Waals surface area contributed by atoms with Gasteiger partial charge in [-0.05, 0) is 24.3 Å². The number of thiazole rings is 1. The number of aromatic nitrogens is 1. The van der Waals surface area contributed by atoms with Gasteiger partial charge in [0.25, 0.3) is 0 Å². The van der Waals surface area contributed by atoms with Crippen molar-refractivity contribution in [3.05, 3.63) is 89.5 Å². The van der Waals surface area contributed by atoms with Crippen LogP contribution in [0.4, 0.5) is 5.13 Å². The van der Waals surface area contributed by atoms with Crippen molar-refractivity contribution < 1.29 is 19.1 Å². The molecule has 5 rings (SSSR count). The van der Waals surface area contributed by atoms with Crippen LogP contribution in [0.15, 0.2) is 72.8 Å². The highest BCUT2D eigenvalue weighted by Gasteiger charge is 2.32. The highest BCUT2D eigenvalue weighted by atomic mass is 32.1. The molecule has 0 radical (unpaired) electrons. The van der Waals surface area contributed by atoms with E-state index in [0.29, 0.717) is 29.8 Å². The first-order valence-corrected chi connectivity index (χ1v) is 11.0. The van der Waals surface area contributed by atoms with Crippen LogP contribution in [0.2, 0.25) is 0 Å². The number of esters is 1. The van der Waals surface area contributed by atoms with Crippen LogP contribution in [0, 0.1) is 0 Å². The quantitative estimate of drug-likeness (QED) is 0.320. The predicted molar refractivity (Wildman–Crippen MR) is 124 cm³/mol. The van der Waals surface area contributed by atoms with E-state index in [9.17, 15) is 9.59 Å². The molecule has 2 heterocycles. The molecule has 160 valence electrons. The third-order valence-corrected chi connectivity index (χ3v) is 6.48. The molecule has 0 N–H and O–H groups in total. The van der Waals surface area contributed by atoms with Gasteiger partial charge in [-0.2, -0.15) is 0 Å². The number of ketones is 1. The number of carbonyl (C=O) groups is 2. The zero-order chi connectivity index (χ0) is 22.1. The summed E-state index contributed by atoms with van der Waals surface area (Å²) in [7, 11) is 1.64. The number of hydrogen-bond acceptors (Lipinski definition) is 7. The Bertz CT molecular complexity index is 1280. The maximum atomic E-state index is 12.5. The predicted octanol–water partition coefficient (Wildman–Crippen LogP) is 4.58. The molecule has 0 unspecified atom stereocenters. The molecule has 0 spiro atoms. The monoisotopic (exact) mass is 444 g/mol. The fourth-order valence-corrected chi connectivity index (χ4v) is 4.62. The summed E-state index contributed by atoms with van der Waals surface area (Å²) >= 11 is 1.59. The number of methoxy groups -OCH3 is 1. The van der Waals surface area contributed by atoms with Crippen LogP contribution in [0.5, 0.6) is 5.75 Å². The normalized spacial score (nSPS) is 13.6. The Morgan fingerprint density at radius 3 is 2.31 bits per heavy atom. The van der Waals surface area contributed by atoms with Gasteiger partial charge in [0.15, 0.2) is 10.9 Å². The van der Waals surface area contributed by atoms with Gasteiger partial charge >= 0.3 is 5.97 Å². The molecule has 1 aromatic heterocycles. The maximum Gasteiger partial charge on any atom is 0.338 e. The van der Waals surface area contributed by atoms with Crippen molar-refractivity contribution >= 4 is 38.4 Å². The van der Waals surface area contributed by atoms with Crippen molar-refractivity contribution in [2.75, 3.05) is 25.1 Å². The fourth-order valence-electron chi connectivity index (χ4n) is 3.61. The number of para-hydroxylation sites is 1. The SMILES string of the molecule is COc1cccc2sc(N3CC(OC(=O)c4ccc(C(=O)c5ccccc5)cc4)C3)nc12. The summed E-state index contributed by atoms with van der Waals surface area (Å²) in [6.07, 6.45) is -0.193. The molecule has 0 saturated carbocycles. The van der Waals surface area contributed by atoms with Gasteiger partial charge in [0.1, 0.15) is 17.4 Å². The third-order valence-electron chi connectivity index (χ3n) is 5.40. The van der Waals surface area contributed by atoms with E-state index in [-0.39, 0.29) is 17.9 Å². The molecule has 1 fully saturated rings. The molecule has 0 amide bonds. The van der Waals surface area contributed by atoms with Crippen molar-refractivity contribution in [1.29, 1.82) is 0 Å². The number of benzene rings is 3. The Kier molecular flexibility index (Phi) is 5.33. The average molecular weight is 445 g/mol. The number of rotatable bonds is 6. The van der Waals surface area contributed by atoms with Gasteiger partial charge in [-0.1, -0.05) is 59.9 Å². The van der Waals surface area contributed by atoms with Crippen LogP contribution in [0.1, 0.15) is 26.3 Å². The standard InChI is InChI=1S/C25H20N2O4S/c1-30-20-8-5-9-21-22(20)26-25(32-21)27-14-19(15-27)31-24(29)18-12-10-17(11-13-18)23(28)16-6-3-2-4-7-16/h2-13,19H,14-15H2,1H3. The average Bonchev–Trinajstić information content (AvgIpc) is 3.25. The smallest absolute Gasteiger partial charge is 0.338 e. The van der Waals surface area contributed by atoms with Crippen LogP contribution < -0.4 is 9.64 Å². The molecular formula is C25H20N2O4S. The Balaban J connectivity index is 1.19. The van der Waals surface area contributed by atoms with Crippen LogP contribution in [0.3, 0.4) is 0 Å². The summed E-state index contributed by atoms with van der Waals surface area (Å²) in [5, 5.41) is 0.889. The second kappa shape index (κ2) is 8.43. The summed E-state index contributed by atoms with van der Waals surface area (Å²) in [6, 6.07) is 21.5. The van der Waals surface area contributed by atoms with Gasteiger partial charge < -0.3 is 14.4 Å². The van der Waals surface area contributed by atoms with E-state index < -0.39 is 0 Å². The molecule has 7 heteroatoms.